The van der Waals surface area contributed by atoms with E-state index in [-0.39, 0.29) is 30.5 Å². The zero-order valence-electron chi connectivity index (χ0n) is 10.3. The number of amides is 1. The lowest BCUT2D eigenvalue weighted by atomic mass is 10.1. The molecule has 0 spiro atoms. The van der Waals surface area contributed by atoms with Crippen molar-refractivity contribution in [2.45, 2.75) is 19.1 Å². The van der Waals surface area contributed by atoms with Gasteiger partial charge in [-0.1, -0.05) is 6.07 Å². The normalized spacial score (nSPS) is 20.6. The Morgan fingerprint density at radius 1 is 1.67 bits per heavy atom. The maximum Gasteiger partial charge on any atom is 0.250 e. The molecule has 2 unspecified atom stereocenters. The summed E-state index contributed by atoms with van der Waals surface area (Å²) in [6, 6.07) is 3.75. The fourth-order valence-corrected chi connectivity index (χ4v) is 1.76. The largest absolute Gasteiger partial charge is 0.366 e. The zero-order chi connectivity index (χ0) is 12.1. The number of hydrogen-bond donors (Lipinski definition) is 2. The van der Waals surface area contributed by atoms with Gasteiger partial charge in [-0.25, -0.2) is 0 Å². The minimum Gasteiger partial charge on any atom is -0.366 e. The maximum atomic E-state index is 11.9. The molecule has 0 radical (unpaired) electrons. The standard InChI is InChI=1S/C12H17N3O2.ClH/c1-9(10-3-2-4-13-7-10)15-12(16)11-8-14-5-6-17-11;/h2-4,7,9,11,14H,5-6,8H2,1H3,(H,15,16);1H. The van der Waals surface area contributed by atoms with Gasteiger partial charge in [0, 0.05) is 25.5 Å². The van der Waals surface area contributed by atoms with E-state index in [9.17, 15) is 4.79 Å². The van der Waals surface area contributed by atoms with Gasteiger partial charge in [-0.3, -0.25) is 9.78 Å². The van der Waals surface area contributed by atoms with Gasteiger partial charge in [-0.2, -0.15) is 0 Å². The van der Waals surface area contributed by atoms with Gasteiger partial charge in [0.1, 0.15) is 6.10 Å². The average molecular weight is 272 g/mol. The second-order valence-electron chi connectivity index (χ2n) is 4.08. The Morgan fingerprint density at radius 2 is 2.50 bits per heavy atom. The van der Waals surface area contributed by atoms with E-state index in [1.165, 1.54) is 0 Å². The predicted octanol–water partition coefficient (Wildman–Crippen LogP) is 0.669. The maximum absolute atomic E-state index is 11.9. The van der Waals surface area contributed by atoms with Crippen molar-refractivity contribution in [3.63, 3.8) is 0 Å². The summed E-state index contributed by atoms with van der Waals surface area (Å²) in [6.45, 7) is 3.90. The molecular formula is C12H18ClN3O2. The molecule has 1 aliphatic rings. The topological polar surface area (TPSA) is 63.2 Å². The van der Waals surface area contributed by atoms with Crippen LogP contribution in [0.5, 0.6) is 0 Å². The van der Waals surface area contributed by atoms with Crippen molar-refractivity contribution in [2.24, 2.45) is 0 Å². The quantitative estimate of drug-likeness (QED) is 0.848. The molecule has 100 valence electrons. The fourth-order valence-electron chi connectivity index (χ4n) is 1.76. The van der Waals surface area contributed by atoms with Crippen LogP contribution in [0.15, 0.2) is 24.5 Å². The lowest BCUT2D eigenvalue weighted by Gasteiger charge is -2.24. The summed E-state index contributed by atoms with van der Waals surface area (Å²) in [5, 5.41) is 6.05. The first kappa shape index (κ1) is 14.9. The molecule has 2 heterocycles. The summed E-state index contributed by atoms with van der Waals surface area (Å²) >= 11 is 0. The predicted molar refractivity (Wildman–Crippen MR) is 70.7 cm³/mol. The van der Waals surface area contributed by atoms with Crippen LogP contribution in [0.2, 0.25) is 0 Å². The smallest absolute Gasteiger partial charge is 0.250 e. The number of nitrogens with one attached hydrogen (secondary N) is 2. The van der Waals surface area contributed by atoms with Crippen LogP contribution >= 0.6 is 12.4 Å². The molecule has 5 nitrogen and oxygen atoms in total. The fraction of sp³-hybridized carbons (Fsp3) is 0.500. The van der Waals surface area contributed by atoms with Crippen LogP contribution in [0.4, 0.5) is 0 Å². The first-order valence-corrected chi connectivity index (χ1v) is 5.80. The summed E-state index contributed by atoms with van der Waals surface area (Å²) in [5.74, 6) is -0.0754. The Kier molecular flexibility index (Phi) is 6.04. The van der Waals surface area contributed by atoms with Gasteiger partial charge < -0.3 is 15.4 Å². The molecule has 1 aromatic rings. The molecule has 1 fully saturated rings. The van der Waals surface area contributed by atoms with E-state index in [1.807, 2.05) is 19.1 Å². The van der Waals surface area contributed by atoms with Crippen LogP contribution in [-0.4, -0.2) is 36.7 Å². The number of morpholine rings is 1. The Hall–Kier alpha value is -1.17. The zero-order valence-corrected chi connectivity index (χ0v) is 11.1. The Labute approximate surface area is 113 Å². The van der Waals surface area contributed by atoms with Crippen LogP contribution in [-0.2, 0) is 9.53 Å². The van der Waals surface area contributed by atoms with Crippen LogP contribution in [0.1, 0.15) is 18.5 Å². The minimum absolute atomic E-state index is 0. The second-order valence-corrected chi connectivity index (χ2v) is 4.08. The molecule has 1 saturated heterocycles. The van der Waals surface area contributed by atoms with Crippen molar-refractivity contribution in [1.82, 2.24) is 15.6 Å². The second kappa shape index (κ2) is 7.31. The number of nitrogens with zero attached hydrogens (tertiary/aromatic N) is 1. The molecule has 2 N–H and O–H groups in total. The molecule has 1 aromatic heterocycles. The molecule has 2 rings (SSSR count). The third kappa shape index (κ3) is 3.94. The van der Waals surface area contributed by atoms with Crippen molar-refractivity contribution in [1.29, 1.82) is 0 Å². The summed E-state index contributed by atoms with van der Waals surface area (Å²) in [7, 11) is 0. The molecule has 1 aliphatic heterocycles. The number of carbonyl (C=O) groups excluding carboxylic acids is 1. The van der Waals surface area contributed by atoms with Crippen LogP contribution in [0.25, 0.3) is 0 Å². The van der Waals surface area contributed by atoms with Gasteiger partial charge in [0.2, 0.25) is 0 Å². The Morgan fingerprint density at radius 3 is 3.11 bits per heavy atom. The first-order valence-electron chi connectivity index (χ1n) is 5.80. The van der Waals surface area contributed by atoms with Crippen molar-refractivity contribution in [3.8, 4) is 0 Å². The number of aromatic nitrogens is 1. The number of pyridine rings is 1. The van der Waals surface area contributed by atoms with E-state index in [1.54, 1.807) is 12.4 Å². The molecular weight excluding hydrogens is 254 g/mol. The summed E-state index contributed by atoms with van der Waals surface area (Å²) in [4.78, 5) is 15.9. The van der Waals surface area contributed by atoms with E-state index < -0.39 is 0 Å². The number of halogens is 1. The number of ether oxygens (including phenoxy) is 1. The van der Waals surface area contributed by atoms with Gasteiger partial charge in [-0.15, -0.1) is 12.4 Å². The van der Waals surface area contributed by atoms with E-state index in [4.69, 9.17) is 4.74 Å². The lowest BCUT2D eigenvalue weighted by Crippen LogP contribution is -2.48. The third-order valence-electron chi connectivity index (χ3n) is 2.76. The average Bonchev–Trinajstić information content (AvgIpc) is 2.40. The lowest BCUT2D eigenvalue weighted by molar-refractivity contribution is -0.134. The van der Waals surface area contributed by atoms with Gasteiger partial charge >= 0.3 is 0 Å². The molecule has 0 bridgehead atoms. The van der Waals surface area contributed by atoms with Crippen molar-refractivity contribution in [3.05, 3.63) is 30.1 Å². The van der Waals surface area contributed by atoms with Crippen LogP contribution < -0.4 is 10.6 Å². The summed E-state index contributed by atoms with van der Waals surface area (Å²) in [6.07, 6.45) is 3.08. The minimum atomic E-state index is -0.386. The summed E-state index contributed by atoms with van der Waals surface area (Å²) in [5.41, 5.74) is 0.990. The highest BCUT2D eigenvalue weighted by Crippen LogP contribution is 2.10. The van der Waals surface area contributed by atoms with Gasteiger partial charge in [0.15, 0.2) is 0 Å². The van der Waals surface area contributed by atoms with Crippen molar-refractivity contribution >= 4 is 18.3 Å². The highest BCUT2D eigenvalue weighted by atomic mass is 35.5. The monoisotopic (exact) mass is 271 g/mol. The molecule has 0 aromatic carbocycles. The SMILES string of the molecule is CC(NC(=O)C1CNCCO1)c1cccnc1.Cl. The van der Waals surface area contributed by atoms with Gasteiger partial charge in [-0.05, 0) is 18.6 Å². The van der Waals surface area contributed by atoms with E-state index in [2.05, 4.69) is 15.6 Å². The van der Waals surface area contributed by atoms with Crippen molar-refractivity contribution in [2.75, 3.05) is 19.7 Å². The van der Waals surface area contributed by atoms with Gasteiger partial charge in [0.25, 0.3) is 5.91 Å². The molecule has 0 saturated carbocycles. The van der Waals surface area contributed by atoms with E-state index >= 15 is 0 Å². The summed E-state index contributed by atoms with van der Waals surface area (Å²) < 4.78 is 5.39. The number of rotatable bonds is 3. The number of carbonyl (C=O) groups is 1. The van der Waals surface area contributed by atoms with Gasteiger partial charge in [0.05, 0.1) is 12.6 Å². The third-order valence-corrected chi connectivity index (χ3v) is 2.76. The molecule has 0 aliphatic carbocycles. The molecule has 1 amide bonds. The van der Waals surface area contributed by atoms with E-state index in [0.717, 1.165) is 12.1 Å². The molecule has 18 heavy (non-hydrogen) atoms. The first-order chi connectivity index (χ1) is 8.27. The number of hydrogen-bond acceptors (Lipinski definition) is 4. The Balaban J connectivity index is 0.00000162. The molecule has 2 atom stereocenters. The van der Waals surface area contributed by atoms with Crippen LogP contribution in [0.3, 0.4) is 0 Å². The highest BCUT2D eigenvalue weighted by Gasteiger charge is 2.23. The van der Waals surface area contributed by atoms with Crippen LogP contribution in [0, 0.1) is 0 Å². The highest BCUT2D eigenvalue weighted by molar-refractivity contribution is 5.85. The Bertz CT molecular complexity index is 369. The molecule has 6 heteroatoms. The van der Waals surface area contributed by atoms with E-state index in [0.29, 0.717) is 13.2 Å². The van der Waals surface area contributed by atoms with Crippen molar-refractivity contribution < 1.29 is 9.53 Å².